The lowest BCUT2D eigenvalue weighted by molar-refractivity contribution is -0.121. The molecule has 0 radical (unpaired) electrons. The maximum atomic E-state index is 12.2. The van der Waals surface area contributed by atoms with E-state index in [0.29, 0.717) is 31.1 Å². The number of rotatable bonds is 9. The first kappa shape index (κ1) is 18.7. The van der Waals surface area contributed by atoms with Crippen molar-refractivity contribution in [1.29, 1.82) is 0 Å². The molecule has 1 aliphatic heterocycles. The lowest BCUT2D eigenvalue weighted by atomic mass is 10.2. The number of methoxy groups -OCH3 is 1. The molecule has 1 amide bonds. The number of nitrogens with zero attached hydrogens (tertiary/aromatic N) is 1. The van der Waals surface area contributed by atoms with Crippen LogP contribution in [0.25, 0.3) is 0 Å². The van der Waals surface area contributed by atoms with Crippen LogP contribution < -0.4 is 14.8 Å². The zero-order valence-corrected chi connectivity index (χ0v) is 16.0. The highest BCUT2D eigenvalue weighted by Crippen LogP contribution is 2.28. The second-order valence-electron chi connectivity index (χ2n) is 6.33. The number of nitrogens with one attached hydrogen (secondary N) is 1. The van der Waals surface area contributed by atoms with Gasteiger partial charge < -0.3 is 14.8 Å². The molecule has 140 valence electrons. The molecule has 5 nitrogen and oxygen atoms in total. The van der Waals surface area contributed by atoms with E-state index in [1.165, 1.54) is 17.7 Å². The maximum absolute atomic E-state index is 12.2. The van der Waals surface area contributed by atoms with Crippen LogP contribution in [0.1, 0.15) is 30.2 Å². The van der Waals surface area contributed by atoms with Gasteiger partial charge >= 0.3 is 0 Å². The molecule has 1 aromatic heterocycles. The first-order chi connectivity index (χ1) is 12.8. The highest BCUT2D eigenvalue weighted by Gasteiger charge is 2.24. The van der Waals surface area contributed by atoms with E-state index in [2.05, 4.69) is 27.7 Å². The summed E-state index contributed by atoms with van der Waals surface area (Å²) in [5.41, 5.74) is 0. The normalized spacial score (nSPS) is 15.6. The summed E-state index contributed by atoms with van der Waals surface area (Å²) in [7, 11) is 1.61. The molecule has 26 heavy (non-hydrogen) atoms. The Labute approximate surface area is 158 Å². The average Bonchev–Trinajstić information content (AvgIpc) is 3.37. The Morgan fingerprint density at radius 1 is 1.19 bits per heavy atom. The van der Waals surface area contributed by atoms with Gasteiger partial charge in [0.15, 0.2) is 11.5 Å². The van der Waals surface area contributed by atoms with E-state index in [1.54, 1.807) is 18.4 Å². The number of carbonyl (C=O) groups excluding carboxylic acids is 1. The highest BCUT2D eigenvalue weighted by atomic mass is 32.1. The van der Waals surface area contributed by atoms with Crippen LogP contribution in [-0.4, -0.2) is 44.2 Å². The molecule has 1 unspecified atom stereocenters. The zero-order chi connectivity index (χ0) is 18.2. The molecule has 1 fully saturated rings. The molecule has 2 heterocycles. The lowest BCUT2D eigenvalue weighted by Crippen LogP contribution is -2.36. The smallest absolute Gasteiger partial charge is 0.223 e. The minimum atomic E-state index is 0.0145. The van der Waals surface area contributed by atoms with Crippen molar-refractivity contribution in [3.05, 3.63) is 46.7 Å². The number of hydrogen-bond donors (Lipinski definition) is 1. The molecular formula is C20H26N2O3S. The summed E-state index contributed by atoms with van der Waals surface area (Å²) in [5.74, 6) is 1.36. The number of para-hydroxylation sites is 2. The van der Waals surface area contributed by atoms with Crippen LogP contribution in [0.15, 0.2) is 41.8 Å². The maximum Gasteiger partial charge on any atom is 0.223 e. The summed E-state index contributed by atoms with van der Waals surface area (Å²) in [4.78, 5) is 16.0. The van der Waals surface area contributed by atoms with Gasteiger partial charge in [-0.05, 0) is 49.5 Å². The van der Waals surface area contributed by atoms with E-state index in [4.69, 9.17) is 9.47 Å². The van der Waals surface area contributed by atoms with Crippen molar-refractivity contribution in [1.82, 2.24) is 10.2 Å². The summed E-state index contributed by atoms with van der Waals surface area (Å²) in [6.07, 6.45) is 2.81. The van der Waals surface area contributed by atoms with Crippen molar-refractivity contribution in [2.75, 3.05) is 33.4 Å². The highest BCUT2D eigenvalue weighted by molar-refractivity contribution is 7.10. The molecular weight excluding hydrogens is 348 g/mol. The molecule has 0 spiro atoms. The van der Waals surface area contributed by atoms with Crippen LogP contribution in [0.4, 0.5) is 0 Å². The van der Waals surface area contributed by atoms with Crippen LogP contribution in [-0.2, 0) is 4.79 Å². The average molecular weight is 375 g/mol. The lowest BCUT2D eigenvalue weighted by Gasteiger charge is -2.26. The monoisotopic (exact) mass is 374 g/mol. The predicted molar refractivity (Wildman–Crippen MR) is 104 cm³/mol. The number of benzene rings is 1. The van der Waals surface area contributed by atoms with Gasteiger partial charge in [-0.2, -0.15) is 0 Å². The number of thiophene rings is 1. The summed E-state index contributed by atoms with van der Waals surface area (Å²) in [5, 5.41) is 5.18. The van der Waals surface area contributed by atoms with Gasteiger partial charge in [-0.15, -0.1) is 11.3 Å². The summed E-state index contributed by atoms with van der Waals surface area (Å²) >= 11 is 1.76. The van der Waals surface area contributed by atoms with Gasteiger partial charge in [0, 0.05) is 11.4 Å². The molecule has 1 aromatic carbocycles. The Bertz CT molecular complexity index is 684. The van der Waals surface area contributed by atoms with Crippen LogP contribution in [0, 0.1) is 0 Å². The van der Waals surface area contributed by atoms with Gasteiger partial charge in [0.05, 0.1) is 26.2 Å². The minimum absolute atomic E-state index is 0.0145. The SMILES string of the molecule is COc1ccccc1OCCC(=O)NCC(c1cccs1)N1CCCC1. The Hall–Kier alpha value is -2.05. The van der Waals surface area contributed by atoms with Crippen LogP contribution in [0.2, 0.25) is 0 Å². The van der Waals surface area contributed by atoms with Crippen molar-refractivity contribution >= 4 is 17.2 Å². The largest absolute Gasteiger partial charge is 0.493 e. The summed E-state index contributed by atoms with van der Waals surface area (Å²) in [6, 6.07) is 12.0. The summed E-state index contributed by atoms with van der Waals surface area (Å²) in [6.45, 7) is 3.19. The molecule has 1 aliphatic rings. The predicted octanol–water partition coefficient (Wildman–Crippen LogP) is 3.48. The van der Waals surface area contributed by atoms with Crippen LogP contribution in [0.3, 0.4) is 0 Å². The fourth-order valence-corrected chi connectivity index (χ4v) is 4.10. The van der Waals surface area contributed by atoms with Crippen LogP contribution in [0.5, 0.6) is 11.5 Å². The Morgan fingerprint density at radius 2 is 1.96 bits per heavy atom. The van der Waals surface area contributed by atoms with E-state index >= 15 is 0 Å². The third-order valence-corrected chi connectivity index (χ3v) is 5.57. The third-order valence-electron chi connectivity index (χ3n) is 4.60. The Morgan fingerprint density at radius 3 is 2.65 bits per heavy atom. The molecule has 0 bridgehead atoms. The molecule has 6 heteroatoms. The van der Waals surface area contributed by atoms with Crippen molar-refractivity contribution < 1.29 is 14.3 Å². The van der Waals surface area contributed by atoms with Gasteiger partial charge in [-0.25, -0.2) is 0 Å². The standard InChI is InChI=1S/C20H26N2O3S/c1-24-17-7-2-3-8-18(17)25-13-10-20(23)21-15-16(19-9-6-14-26-19)22-11-4-5-12-22/h2-3,6-9,14,16H,4-5,10-13,15H2,1H3,(H,21,23). The van der Waals surface area contributed by atoms with Crippen molar-refractivity contribution in [2.24, 2.45) is 0 Å². The molecule has 1 N–H and O–H groups in total. The molecule has 0 aliphatic carbocycles. The van der Waals surface area contributed by atoms with E-state index in [-0.39, 0.29) is 11.9 Å². The van der Waals surface area contributed by atoms with E-state index < -0.39 is 0 Å². The van der Waals surface area contributed by atoms with Crippen molar-refractivity contribution in [3.8, 4) is 11.5 Å². The number of carbonyl (C=O) groups is 1. The number of ether oxygens (including phenoxy) is 2. The number of amides is 1. The summed E-state index contributed by atoms with van der Waals surface area (Å²) < 4.78 is 10.9. The van der Waals surface area contributed by atoms with Crippen molar-refractivity contribution in [3.63, 3.8) is 0 Å². The second-order valence-corrected chi connectivity index (χ2v) is 7.31. The van der Waals surface area contributed by atoms with E-state index in [0.717, 1.165) is 13.1 Å². The Balaban J connectivity index is 1.46. The third kappa shape index (κ3) is 4.99. The molecule has 1 saturated heterocycles. The molecule has 3 rings (SSSR count). The first-order valence-electron chi connectivity index (χ1n) is 9.08. The topological polar surface area (TPSA) is 50.8 Å². The van der Waals surface area contributed by atoms with Crippen molar-refractivity contribution in [2.45, 2.75) is 25.3 Å². The second kappa shape index (κ2) is 9.59. The first-order valence-corrected chi connectivity index (χ1v) is 9.96. The molecule has 1 atom stereocenters. The van der Waals surface area contributed by atoms with Gasteiger partial charge in [0.2, 0.25) is 5.91 Å². The quantitative estimate of drug-likeness (QED) is 0.730. The fourth-order valence-electron chi connectivity index (χ4n) is 3.23. The van der Waals surface area contributed by atoms with Crippen LogP contribution >= 0.6 is 11.3 Å². The minimum Gasteiger partial charge on any atom is -0.493 e. The van der Waals surface area contributed by atoms with E-state index in [1.807, 2.05) is 24.3 Å². The molecule has 0 saturated carbocycles. The van der Waals surface area contributed by atoms with E-state index in [9.17, 15) is 4.79 Å². The van der Waals surface area contributed by atoms with Gasteiger partial charge in [0.25, 0.3) is 0 Å². The fraction of sp³-hybridized carbons (Fsp3) is 0.450. The number of likely N-dealkylation sites (tertiary alicyclic amines) is 1. The van der Waals surface area contributed by atoms with Gasteiger partial charge in [-0.1, -0.05) is 18.2 Å². The Kier molecular flexibility index (Phi) is 6.91. The zero-order valence-electron chi connectivity index (χ0n) is 15.1. The van der Waals surface area contributed by atoms with Gasteiger partial charge in [-0.3, -0.25) is 9.69 Å². The number of hydrogen-bond acceptors (Lipinski definition) is 5. The molecule has 2 aromatic rings. The van der Waals surface area contributed by atoms with Gasteiger partial charge in [0.1, 0.15) is 0 Å².